The molecule has 0 radical (unpaired) electrons. The van der Waals surface area contributed by atoms with Crippen LogP contribution in [0.15, 0.2) is 72.3 Å². The highest BCUT2D eigenvalue weighted by molar-refractivity contribution is 6.02. The second kappa shape index (κ2) is 11.3. The minimum atomic E-state index is -0.0594. The van der Waals surface area contributed by atoms with Crippen LogP contribution in [0.5, 0.6) is 5.75 Å². The fourth-order valence-corrected chi connectivity index (χ4v) is 5.70. The number of aromatic nitrogens is 2. The van der Waals surface area contributed by atoms with E-state index in [2.05, 4.69) is 62.9 Å². The molecule has 6 nitrogen and oxygen atoms in total. The van der Waals surface area contributed by atoms with Gasteiger partial charge in [0, 0.05) is 35.5 Å². The van der Waals surface area contributed by atoms with E-state index in [1.165, 1.54) is 37.9 Å². The molecule has 2 aliphatic heterocycles. The molecule has 39 heavy (non-hydrogen) atoms. The predicted octanol–water partition coefficient (Wildman–Crippen LogP) is 6.02. The number of fused-ring (bicyclic) bond motifs is 1. The Kier molecular flexibility index (Phi) is 7.28. The molecule has 1 unspecified atom stereocenters. The maximum absolute atomic E-state index is 12.7. The number of aromatic amines is 1. The molecule has 0 saturated carbocycles. The second-order valence-electron chi connectivity index (χ2n) is 10.4. The Morgan fingerprint density at radius 2 is 1.77 bits per heavy atom. The molecule has 1 atom stereocenters. The van der Waals surface area contributed by atoms with Crippen molar-refractivity contribution in [1.29, 1.82) is 0 Å². The molecule has 0 aliphatic carbocycles. The Labute approximate surface area is 229 Å². The smallest absolute Gasteiger partial charge is 0.247 e. The topological polar surface area (TPSA) is 70.2 Å². The van der Waals surface area contributed by atoms with Crippen molar-refractivity contribution in [2.75, 3.05) is 26.7 Å². The monoisotopic (exact) mass is 518 g/mol. The van der Waals surface area contributed by atoms with Gasteiger partial charge in [0.1, 0.15) is 5.75 Å². The average Bonchev–Trinajstić information content (AvgIpc) is 3.55. The van der Waals surface area contributed by atoms with E-state index < -0.39 is 0 Å². The normalized spacial score (nSPS) is 19.3. The van der Waals surface area contributed by atoms with E-state index in [1.807, 2.05) is 42.5 Å². The predicted molar refractivity (Wildman–Crippen MR) is 157 cm³/mol. The zero-order valence-corrected chi connectivity index (χ0v) is 22.3. The number of amides is 1. The molecular formula is C33H34N4O2. The summed E-state index contributed by atoms with van der Waals surface area (Å²) in [7, 11) is 1.66. The van der Waals surface area contributed by atoms with Gasteiger partial charge in [-0.2, -0.15) is 5.10 Å². The van der Waals surface area contributed by atoms with Crippen molar-refractivity contribution in [3.8, 4) is 5.75 Å². The van der Waals surface area contributed by atoms with E-state index in [4.69, 9.17) is 4.74 Å². The Hall–Kier alpha value is -4.16. The first-order valence-corrected chi connectivity index (χ1v) is 13.8. The molecule has 1 aromatic heterocycles. The number of piperidine rings is 1. The third-order valence-electron chi connectivity index (χ3n) is 7.83. The quantitative estimate of drug-likeness (QED) is 0.293. The highest BCUT2D eigenvalue weighted by Crippen LogP contribution is 2.35. The largest absolute Gasteiger partial charge is 0.496 e. The molecule has 2 N–H and O–H groups in total. The number of methoxy groups -OCH3 is 1. The third-order valence-corrected chi connectivity index (χ3v) is 7.83. The van der Waals surface area contributed by atoms with Gasteiger partial charge in [-0.1, -0.05) is 61.0 Å². The molecular weight excluding hydrogens is 484 g/mol. The van der Waals surface area contributed by atoms with Crippen molar-refractivity contribution in [3.63, 3.8) is 0 Å². The third kappa shape index (κ3) is 5.52. The molecule has 0 spiro atoms. The number of nitrogens with zero attached hydrogens (tertiary/aromatic N) is 2. The first kappa shape index (κ1) is 25.1. The minimum absolute atomic E-state index is 0.0406. The van der Waals surface area contributed by atoms with Gasteiger partial charge in [-0.15, -0.1) is 0 Å². The van der Waals surface area contributed by atoms with E-state index >= 15 is 0 Å². The number of likely N-dealkylation sites (tertiary alicyclic amines) is 1. The summed E-state index contributed by atoms with van der Waals surface area (Å²) in [6, 6.07) is 22.9. The Morgan fingerprint density at radius 3 is 2.59 bits per heavy atom. The number of nitrogens with one attached hydrogen (secondary N) is 2. The molecule has 198 valence electrons. The summed E-state index contributed by atoms with van der Waals surface area (Å²) >= 11 is 0. The maximum Gasteiger partial charge on any atom is 0.247 e. The van der Waals surface area contributed by atoms with Gasteiger partial charge in [-0.25, -0.2) is 0 Å². The van der Waals surface area contributed by atoms with Gasteiger partial charge >= 0.3 is 0 Å². The number of benzene rings is 3. The van der Waals surface area contributed by atoms with Crippen molar-refractivity contribution in [3.05, 3.63) is 100 Å². The lowest BCUT2D eigenvalue weighted by molar-refractivity contribution is -0.116. The number of ether oxygens (including phenoxy) is 1. The first-order chi connectivity index (χ1) is 19.2. The summed E-state index contributed by atoms with van der Waals surface area (Å²) in [4.78, 5) is 15.3. The average molecular weight is 519 g/mol. The molecule has 0 bridgehead atoms. The second-order valence-corrected chi connectivity index (χ2v) is 10.4. The lowest BCUT2D eigenvalue weighted by Gasteiger charge is -2.26. The zero-order valence-electron chi connectivity index (χ0n) is 22.3. The molecule has 2 saturated heterocycles. The van der Waals surface area contributed by atoms with Crippen LogP contribution in [0.1, 0.15) is 53.1 Å². The van der Waals surface area contributed by atoms with E-state index in [9.17, 15) is 4.79 Å². The standard InChI is InChI=1S/C33H34N4O2/c1-39-32-8-4-3-7-26(32)29-21-34-33(38)28(29)19-25-13-15-27-30(35-36-31(27)20-25)16-14-23-9-11-24(12-10-23)22-37-17-5-2-6-18-37/h3-4,7-16,19-20,29H,2,5-6,17-18,21-22H2,1H3,(H,34,38)(H,35,36)/b16-14+,28-19?. The summed E-state index contributed by atoms with van der Waals surface area (Å²) in [6.45, 7) is 4.02. The van der Waals surface area contributed by atoms with E-state index in [-0.39, 0.29) is 11.8 Å². The highest BCUT2D eigenvalue weighted by atomic mass is 16.5. The number of H-pyrrole nitrogens is 1. The van der Waals surface area contributed by atoms with Crippen molar-refractivity contribution >= 4 is 35.0 Å². The minimum Gasteiger partial charge on any atom is -0.496 e. The molecule has 2 fully saturated rings. The number of rotatable bonds is 7. The summed E-state index contributed by atoms with van der Waals surface area (Å²) in [6.07, 6.45) is 10.1. The van der Waals surface area contributed by atoms with Crippen LogP contribution in [0.4, 0.5) is 0 Å². The van der Waals surface area contributed by atoms with E-state index in [0.717, 1.165) is 51.2 Å². The lowest BCUT2D eigenvalue weighted by Crippen LogP contribution is -2.28. The Morgan fingerprint density at radius 1 is 0.974 bits per heavy atom. The van der Waals surface area contributed by atoms with Crippen LogP contribution in [0.2, 0.25) is 0 Å². The Balaban J connectivity index is 1.19. The summed E-state index contributed by atoms with van der Waals surface area (Å²) in [5.41, 5.74) is 7.06. The van der Waals surface area contributed by atoms with Gasteiger partial charge in [0.25, 0.3) is 0 Å². The van der Waals surface area contributed by atoms with Crippen LogP contribution < -0.4 is 10.1 Å². The summed E-state index contributed by atoms with van der Waals surface area (Å²) in [5, 5.41) is 11.7. The van der Waals surface area contributed by atoms with Crippen molar-refractivity contribution in [1.82, 2.24) is 20.4 Å². The van der Waals surface area contributed by atoms with Crippen LogP contribution in [-0.2, 0) is 11.3 Å². The van der Waals surface area contributed by atoms with Crippen LogP contribution in [-0.4, -0.2) is 47.7 Å². The molecule has 2 aliphatic rings. The fourth-order valence-electron chi connectivity index (χ4n) is 5.70. The van der Waals surface area contributed by atoms with Gasteiger partial charge in [0.2, 0.25) is 5.91 Å². The number of hydrogen-bond donors (Lipinski definition) is 2. The van der Waals surface area contributed by atoms with Crippen LogP contribution in [0.25, 0.3) is 29.1 Å². The number of carbonyl (C=O) groups is 1. The van der Waals surface area contributed by atoms with Gasteiger partial charge in [-0.05, 0) is 73.0 Å². The number of hydrogen-bond acceptors (Lipinski definition) is 4. The highest BCUT2D eigenvalue weighted by Gasteiger charge is 2.31. The number of carbonyl (C=O) groups excluding carboxylic acids is 1. The molecule has 1 amide bonds. The lowest BCUT2D eigenvalue weighted by atomic mass is 9.91. The van der Waals surface area contributed by atoms with Gasteiger partial charge < -0.3 is 10.1 Å². The molecule has 3 heterocycles. The van der Waals surface area contributed by atoms with Crippen molar-refractivity contribution in [2.45, 2.75) is 31.7 Å². The maximum atomic E-state index is 12.7. The van der Waals surface area contributed by atoms with E-state index in [0.29, 0.717) is 6.54 Å². The van der Waals surface area contributed by atoms with Crippen molar-refractivity contribution < 1.29 is 9.53 Å². The molecule has 3 aromatic carbocycles. The van der Waals surface area contributed by atoms with Gasteiger partial charge in [0.05, 0.1) is 18.3 Å². The SMILES string of the molecule is COc1ccccc1C1CNC(=O)C1=Cc1ccc2c(/C=C/c3ccc(CN4CCCCC4)cc3)n[nH]c2c1. The Bertz CT molecular complexity index is 1530. The number of para-hydroxylation sites is 1. The van der Waals surface area contributed by atoms with Crippen LogP contribution in [0.3, 0.4) is 0 Å². The van der Waals surface area contributed by atoms with Crippen molar-refractivity contribution in [2.24, 2.45) is 0 Å². The van der Waals surface area contributed by atoms with Gasteiger partial charge in [0.15, 0.2) is 0 Å². The van der Waals surface area contributed by atoms with Crippen LogP contribution >= 0.6 is 0 Å². The zero-order chi connectivity index (χ0) is 26.6. The van der Waals surface area contributed by atoms with E-state index in [1.54, 1.807) is 7.11 Å². The summed E-state index contributed by atoms with van der Waals surface area (Å²) < 4.78 is 5.56. The summed E-state index contributed by atoms with van der Waals surface area (Å²) in [5.74, 6) is 0.694. The van der Waals surface area contributed by atoms with Gasteiger partial charge in [-0.3, -0.25) is 14.8 Å². The molecule has 6 rings (SSSR count). The first-order valence-electron chi connectivity index (χ1n) is 13.8. The fraction of sp³-hybridized carbons (Fsp3) is 0.273. The van der Waals surface area contributed by atoms with Crippen LogP contribution in [0, 0.1) is 0 Å². The molecule has 4 aromatic rings. The molecule has 6 heteroatoms.